The van der Waals surface area contributed by atoms with Gasteiger partial charge in [0.05, 0.1) is 16.2 Å². The molecule has 0 atom stereocenters. The van der Waals surface area contributed by atoms with Crippen LogP contribution in [0.25, 0.3) is 0 Å². The lowest BCUT2D eigenvalue weighted by Crippen LogP contribution is -2.32. The summed E-state index contributed by atoms with van der Waals surface area (Å²) in [7, 11) is 0. The van der Waals surface area contributed by atoms with Gasteiger partial charge in [-0.15, -0.1) is 0 Å². The van der Waals surface area contributed by atoms with E-state index in [1.54, 1.807) is 0 Å². The van der Waals surface area contributed by atoms with Gasteiger partial charge in [0.15, 0.2) is 0 Å². The van der Waals surface area contributed by atoms with Gasteiger partial charge in [0.2, 0.25) is 0 Å². The Labute approximate surface area is 120 Å². The van der Waals surface area contributed by atoms with E-state index in [2.05, 4.69) is 0 Å². The van der Waals surface area contributed by atoms with Crippen molar-refractivity contribution in [2.75, 3.05) is 17.2 Å². The van der Waals surface area contributed by atoms with Gasteiger partial charge >= 0.3 is 5.51 Å². The molecular formula is C11H7F3N2O4S. The van der Waals surface area contributed by atoms with E-state index in [9.17, 15) is 32.9 Å². The van der Waals surface area contributed by atoms with Crippen LogP contribution in [-0.4, -0.2) is 34.4 Å². The van der Waals surface area contributed by atoms with E-state index in [1.807, 2.05) is 0 Å². The second kappa shape index (κ2) is 5.35. The van der Waals surface area contributed by atoms with Crippen LogP contribution in [0, 0.1) is 10.1 Å². The molecule has 0 spiro atoms. The number of benzene rings is 1. The van der Waals surface area contributed by atoms with Gasteiger partial charge in [-0.2, -0.15) is 13.2 Å². The normalized spacial score (nSPS) is 14.5. The number of anilines is 1. The van der Waals surface area contributed by atoms with Crippen LogP contribution >= 0.6 is 11.8 Å². The first-order valence-electron chi connectivity index (χ1n) is 5.56. The Morgan fingerprint density at radius 2 is 1.95 bits per heavy atom. The van der Waals surface area contributed by atoms with Crippen LogP contribution in [0.15, 0.2) is 18.2 Å². The summed E-state index contributed by atoms with van der Waals surface area (Å²) in [4.78, 5) is 34.2. The van der Waals surface area contributed by atoms with E-state index >= 15 is 0 Å². The van der Waals surface area contributed by atoms with Crippen molar-refractivity contribution >= 4 is 34.8 Å². The van der Waals surface area contributed by atoms with Crippen molar-refractivity contribution in [2.24, 2.45) is 0 Å². The molecule has 1 aliphatic heterocycles. The Balaban J connectivity index is 2.21. The van der Waals surface area contributed by atoms with Gasteiger partial charge in [-0.05, 0) is 17.8 Å². The van der Waals surface area contributed by atoms with E-state index in [0.29, 0.717) is 0 Å². The summed E-state index contributed by atoms with van der Waals surface area (Å²) in [5.74, 6) is -2.36. The maximum absolute atomic E-state index is 12.1. The molecule has 1 amide bonds. The van der Waals surface area contributed by atoms with Crippen molar-refractivity contribution in [1.82, 2.24) is 0 Å². The largest absolute Gasteiger partial charge is 0.441 e. The molecular weight excluding hydrogens is 313 g/mol. The second-order valence-electron chi connectivity index (χ2n) is 4.04. The van der Waals surface area contributed by atoms with Gasteiger partial charge in [0.25, 0.3) is 17.4 Å². The number of fused-ring (bicyclic) bond motifs is 1. The summed E-state index contributed by atoms with van der Waals surface area (Å²) >= 11 is -0.307. The number of nitro groups is 1. The van der Waals surface area contributed by atoms with Crippen LogP contribution in [0.1, 0.15) is 10.4 Å². The number of hydrogen-bond acceptors (Lipinski definition) is 5. The lowest BCUT2D eigenvalue weighted by molar-refractivity contribution is -0.384. The molecule has 0 unspecified atom stereocenters. The van der Waals surface area contributed by atoms with Crippen LogP contribution < -0.4 is 4.90 Å². The monoisotopic (exact) mass is 320 g/mol. The van der Waals surface area contributed by atoms with Crippen LogP contribution in [0.2, 0.25) is 0 Å². The average molecular weight is 320 g/mol. The summed E-state index contributed by atoms with van der Waals surface area (Å²) in [5, 5.41) is 10.6. The van der Waals surface area contributed by atoms with E-state index in [-0.39, 0.29) is 35.2 Å². The third-order valence-corrected chi connectivity index (χ3v) is 3.46. The molecule has 0 fully saturated rings. The molecule has 1 aromatic carbocycles. The molecule has 0 bridgehead atoms. The number of carbonyl (C=O) groups excluding carboxylic acids is 2. The molecule has 0 radical (unpaired) electrons. The summed E-state index contributed by atoms with van der Waals surface area (Å²) in [6.07, 6.45) is 0. The van der Waals surface area contributed by atoms with Crippen molar-refractivity contribution in [3.63, 3.8) is 0 Å². The molecule has 112 valence electrons. The lowest BCUT2D eigenvalue weighted by Gasteiger charge is -2.16. The predicted octanol–water partition coefficient (Wildman–Crippen LogP) is 2.38. The number of carbonyl (C=O) groups is 2. The number of ketones is 1. The Kier molecular flexibility index (Phi) is 3.90. The van der Waals surface area contributed by atoms with Crippen LogP contribution in [0.5, 0.6) is 0 Å². The number of non-ortho nitro benzene ring substituents is 1. The minimum Gasteiger partial charge on any atom is -0.304 e. The third-order valence-electron chi connectivity index (χ3n) is 2.75. The molecule has 0 N–H and O–H groups in total. The Bertz CT molecular complexity index is 632. The number of nitro benzene ring substituents is 1. The first kappa shape index (κ1) is 15.3. The number of alkyl halides is 3. The van der Waals surface area contributed by atoms with E-state index in [1.165, 1.54) is 6.07 Å². The smallest absolute Gasteiger partial charge is 0.304 e. The summed E-state index contributed by atoms with van der Waals surface area (Å²) in [6.45, 7) is -0.306. The summed E-state index contributed by atoms with van der Waals surface area (Å²) in [5.41, 5.74) is -4.85. The Morgan fingerprint density at radius 1 is 1.29 bits per heavy atom. The number of hydrogen-bond donors (Lipinski definition) is 0. The van der Waals surface area contributed by atoms with Gasteiger partial charge in [0.1, 0.15) is 0 Å². The number of nitrogens with zero attached hydrogens (tertiary/aromatic N) is 2. The lowest BCUT2D eigenvalue weighted by atomic mass is 10.1. The topological polar surface area (TPSA) is 80.5 Å². The number of thioether (sulfide) groups is 1. The van der Waals surface area contributed by atoms with Gasteiger partial charge < -0.3 is 4.90 Å². The molecule has 1 aliphatic rings. The highest BCUT2D eigenvalue weighted by Crippen LogP contribution is 2.34. The van der Waals surface area contributed by atoms with E-state index in [4.69, 9.17) is 0 Å². The first-order valence-corrected chi connectivity index (χ1v) is 6.54. The van der Waals surface area contributed by atoms with E-state index < -0.39 is 27.9 Å². The molecule has 21 heavy (non-hydrogen) atoms. The number of halogens is 3. The van der Waals surface area contributed by atoms with Crippen molar-refractivity contribution in [3.05, 3.63) is 33.9 Å². The van der Waals surface area contributed by atoms with Crippen molar-refractivity contribution in [2.45, 2.75) is 5.51 Å². The van der Waals surface area contributed by atoms with Gasteiger partial charge in [0, 0.05) is 24.4 Å². The number of Topliss-reactive ketones (excluding diaryl/α,β-unsaturated/α-hetero) is 1. The van der Waals surface area contributed by atoms with Crippen molar-refractivity contribution in [3.8, 4) is 0 Å². The Hall–Kier alpha value is -2.10. The molecule has 1 aromatic rings. The molecule has 0 saturated heterocycles. The van der Waals surface area contributed by atoms with E-state index in [0.717, 1.165) is 17.0 Å². The maximum atomic E-state index is 12.1. The standard InChI is InChI=1S/C11H7F3N2O4S/c12-11(13,14)21-4-3-15-8-2-1-6(16(19)20)5-7(8)9(17)10(15)18/h1-2,5H,3-4H2. The number of amides is 1. The van der Waals surface area contributed by atoms with Gasteiger partial charge in [-0.1, -0.05) is 0 Å². The predicted molar refractivity (Wildman–Crippen MR) is 68.3 cm³/mol. The maximum Gasteiger partial charge on any atom is 0.441 e. The zero-order chi connectivity index (χ0) is 15.8. The minimum atomic E-state index is -4.43. The summed E-state index contributed by atoms with van der Waals surface area (Å²) < 4.78 is 36.2. The van der Waals surface area contributed by atoms with Crippen molar-refractivity contribution < 1.29 is 27.7 Å². The molecule has 0 aliphatic carbocycles. The van der Waals surface area contributed by atoms with Gasteiger partial charge in [-0.3, -0.25) is 19.7 Å². The minimum absolute atomic E-state index is 0.0957. The Morgan fingerprint density at radius 3 is 2.52 bits per heavy atom. The second-order valence-corrected chi connectivity index (χ2v) is 5.20. The molecule has 10 heteroatoms. The van der Waals surface area contributed by atoms with Gasteiger partial charge in [-0.25, -0.2) is 0 Å². The van der Waals surface area contributed by atoms with Crippen molar-refractivity contribution in [1.29, 1.82) is 0 Å². The highest BCUT2D eigenvalue weighted by molar-refractivity contribution is 8.00. The van der Waals surface area contributed by atoms with Crippen LogP contribution in [0.3, 0.4) is 0 Å². The fourth-order valence-corrected chi connectivity index (χ4v) is 2.38. The number of rotatable bonds is 4. The highest BCUT2D eigenvalue weighted by atomic mass is 32.2. The highest BCUT2D eigenvalue weighted by Gasteiger charge is 2.37. The molecule has 0 saturated carbocycles. The summed E-state index contributed by atoms with van der Waals surface area (Å²) in [6, 6.07) is 3.23. The fourth-order valence-electron chi connectivity index (χ4n) is 1.88. The van der Waals surface area contributed by atoms with Crippen LogP contribution in [-0.2, 0) is 4.79 Å². The fraction of sp³-hybridized carbons (Fsp3) is 0.273. The molecule has 2 rings (SSSR count). The quantitative estimate of drug-likeness (QED) is 0.483. The molecule has 6 nitrogen and oxygen atoms in total. The van der Waals surface area contributed by atoms with Crippen LogP contribution in [0.4, 0.5) is 24.5 Å². The zero-order valence-electron chi connectivity index (χ0n) is 10.2. The third kappa shape index (κ3) is 3.15. The zero-order valence-corrected chi connectivity index (χ0v) is 11.0. The average Bonchev–Trinajstić information content (AvgIpc) is 2.62. The molecule has 1 heterocycles. The first-order chi connectivity index (χ1) is 9.70. The molecule has 0 aromatic heterocycles. The SMILES string of the molecule is O=C1C(=O)N(CCSC(F)(F)F)c2ccc([N+](=O)[O-])cc21.